The minimum Gasteiger partial charge on any atom is -0.445 e. The van der Waals surface area contributed by atoms with Gasteiger partial charge in [0.15, 0.2) is 6.29 Å². The molecule has 3 amide bonds. The van der Waals surface area contributed by atoms with Crippen LogP contribution in [0.4, 0.5) is 4.79 Å². The van der Waals surface area contributed by atoms with Crippen molar-refractivity contribution in [3.63, 3.8) is 0 Å². The highest BCUT2D eigenvalue weighted by atomic mass is 32.2. The number of alkyl carbamates (subject to hydrolysis) is 1. The molecule has 4 unspecified atom stereocenters. The van der Waals surface area contributed by atoms with Gasteiger partial charge in [-0.3, -0.25) is 14.5 Å². The van der Waals surface area contributed by atoms with Crippen LogP contribution in [0.1, 0.15) is 53.1 Å². The molecule has 8 rings (SSSR count). The summed E-state index contributed by atoms with van der Waals surface area (Å²) in [5, 5.41) is 25.2. The van der Waals surface area contributed by atoms with Crippen LogP contribution in [0.25, 0.3) is 16.8 Å². The van der Waals surface area contributed by atoms with Gasteiger partial charge in [-0.25, -0.2) is 4.79 Å². The molecule has 2 saturated heterocycles. The molecular formula is C44H40N6O7S. The van der Waals surface area contributed by atoms with Crippen LogP contribution in [0.3, 0.4) is 0 Å². The third-order valence-electron chi connectivity index (χ3n) is 10.0. The highest BCUT2D eigenvalue weighted by Gasteiger charge is 2.40. The summed E-state index contributed by atoms with van der Waals surface area (Å²) in [4.78, 5) is 40.1. The Morgan fingerprint density at radius 1 is 0.828 bits per heavy atom. The fraction of sp³-hybridized carbons (Fsp3) is 0.227. The summed E-state index contributed by atoms with van der Waals surface area (Å²) in [6, 6.07) is 41.1. The zero-order chi connectivity index (χ0) is 39.8. The van der Waals surface area contributed by atoms with Gasteiger partial charge in [0.1, 0.15) is 12.6 Å². The van der Waals surface area contributed by atoms with Gasteiger partial charge >= 0.3 is 6.09 Å². The standard InChI is InChI=1S/C44H40N6O7S/c51-26-29-15-17-32(18-16-29)39-23-36(28-58-43-46-47-48-50(43)35-12-5-2-6-13-35)56-42(57-39)33-21-19-31(20-22-33)37-14-8-7-11-34(37)25-49-40(52)24-38(41(49)53)45-44(54)55-27-30-9-3-1-4-10-30/h1-22,36,38-39,42,51H,23-28H2,(H,45,54). The highest BCUT2D eigenvalue weighted by Crippen LogP contribution is 2.40. The van der Waals surface area contributed by atoms with Gasteiger partial charge in [0.2, 0.25) is 11.1 Å². The van der Waals surface area contributed by atoms with Crippen molar-refractivity contribution < 1.29 is 33.7 Å². The van der Waals surface area contributed by atoms with Gasteiger partial charge in [0.05, 0.1) is 37.5 Å². The maximum absolute atomic E-state index is 13.4. The predicted molar refractivity (Wildman–Crippen MR) is 214 cm³/mol. The number of hydrogen-bond donors (Lipinski definition) is 2. The second-order valence-electron chi connectivity index (χ2n) is 13.9. The molecule has 0 spiro atoms. The number of carbonyl (C=O) groups is 3. The molecule has 0 radical (unpaired) electrons. The number of aliphatic hydroxyl groups is 1. The third kappa shape index (κ3) is 9.00. The lowest BCUT2D eigenvalue weighted by molar-refractivity contribution is -0.245. The molecule has 13 nitrogen and oxygen atoms in total. The average Bonchev–Trinajstić information content (AvgIpc) is 3.85. The van der Waals surface area contributed by atoms with Crippen molar-refractivity contribution >= 4 is 29.7 Å². The SMILES string of the molecule is O=C(NC1CC(=O)N(Cc2ccccc2-c2ccc(C3OC(CSc4nnnn4-c4ccccc4)CC(c4ccc(CO)cc4)O3)cc2)C1=O)OCc1ccccc1. The molecule has 2 N–H and O–H groups in total. The molecule has 14 heteroatoms. The van der Waals surface area contributed by atoms with E-state index in [4.69, 9.17) is 14.2 Å². The number of thioether (sulfide) groups is 1. The first-order valence-corrected chi connectivity index (χ1v) is 19.9. The zero-order valence-electron chi connectivity index (χ0n) is 31.3. The maximum atomic E-state index is 13.4. The molecule has 2 fully saturated rings. The Morgan fingerprint density at radius 2 is 1.53 bits per heavy atom. The number of nitrogens with zero attached hydrogens (tertiary/aromatic N) is 5. The Bertz CT molecular complexity index is 2340. The van der Waals surface area contributed by atoms with E-state index in [1.807, 2.05) is 133 Å². The number of nitrogens with one attached hydrogen (secondary N) is 1. The molecule has 4 atom stereocenters. The molecule has 2 aliphatic heterocycles. The molecule has 0 aliphatic carbocycles. The molecular weight excluding hydrogens is 757 g/mol. The van der Waals surface area contributed by atoms with Crippen molar-refractivity contribution in [3.8, 4) is 16.8 Å². The number of hydrogen-bond acceptors (Lipinski definition) is 11. The number of benzene rings is 5. The highest BCUT2D eigenvalue weighted by molar-refractivity contribution is 7.99. The second-order valence-corrected chi connectivity index (χ2v) is 14.9. The van der Waals surface area contributed by atoms with Gasteiger partial charge in [-0.05, 0) is 55.9 Å². The van der Waals surface area contributed by atoms with Gasteiger partial charge < -0.3 is 24.6 Å². The van der Waals surface area contributed by atoms with Crippen LogP contribution in [0.2, 0.25) is 0 Å². The van der Waals surface area contributed by atoms with E-state index in [0.717, 1.165) is 44.6 Å². The number of imide groups is 1. The molecule has 5 aromatic carbocycles. The number of para-hydroxylation sites is 1. The summed E-state index contributed by atoms with van der Waals surface area (Å²) in [5.74, 6) is -0.286. The smallest absolute Gasteiger partial charge is 0.408 e. The largest absolute Gasteiger partial charge is 0.445 e. The Kier molecular flexibility index (Phi) is 12.0. The lowest BCUT2D eigenvalue weighted by Gasteiger charge is -2.36. The quantitative estimate of drug-likeness (QED) is 0.0945. The van der Waals surface area contributed by atoms with Crippen molar-refractivity contribution in [2.45, 2.75) is 62.3 Å². The summed E-state index contributed by atoms with van der Waals surface area (Å²) in [6.45, 7) is 0.0515. The average molecular weight is 797 g/mol. The number of aromatic nitrogens is 4. The van der Waals surface area contributed by atoms with Crippen molar-refractivity contribution in [1.29, 1.82) is 0 Å². The fourth-order valence-corrected chi connectivity index (χ4v) is 7.90. The van der Waals surface area contributed by atoms with Crippen molar-refractivity contribution in [3.05, 3.63) is 161 Å². The van der Waals surface area contributed by atoms with Gasteiger partial charge in [0, 0.05) is 17.7 Å². The summed E-state index contributed by atoms with van der Waals surface area (Å²) in [5.41, 5.74) is 6.79. The molecule has 294 valence electrons. The first-order valence-electron chi connectivity index (χ1n) is 18.9. The topological polar surface area (TPSA) is 158 Å². The van der Waals surface area contributed by atoms with Crippen LogP contribution in [-0.4, -0.2) is 66.0 Å². The van der Waals surface area contributed by atoms with E-state index in [1.54, 1.807) is 4.68 Å². The van der Waals surface area contributed by atoms with E-state index in [0.29, 0.717) is 17.3 Å². The number of tetrazole rings is 1. The van der Waals surface area contributed by atoms with E-state index in [-0.39, 0.29) is 44.3 Å². The maximum Gasteiger partial charge on any atom is 0.408 e. The van der Waals surface area contributed by atoms with Crippen molar-refractivity contribution in [1.82, 2.24) is 30.4 Å². The van der Waals surface area contributed by atoms with E-state index in [1.165, 1.54) is 16.7 Å². The van der Waals surface area contributed by atoms with Crippen LogP contribution in [0.15, 0.2) is 139 Å². The Hall–Kier alpha value is -6.19. The van der Waals surface area contributed by atoms with Gasteiger partial charge in [0.25, 0.3) is 5.91 Å². The minimum absolute atomic E-state index is 0.0448. The van der Waals surface area contributed by atoms with E-state index in [9.17, 15) is 19.5 Å². The zero-order valence-corrected chi connectivity index (χ0v) is 32.1. The third-order valence-corrected chi connectivity index (χ3v) is 11.1. The summed E-state index contributed by atoms with van der Waals surface area (Å²) in [6.07, 6.45) is -1.48. The van der Waals surface area contributed by atoms with Crippen LogP contribution >= 0.6 is 11.8 Å². The lowest BCUT2D eigenvalue weighted by atomic mass is 9.97. The number of ether oxygens (including phenoxy) is 3. The number of amides is 3. The van der Waals surface area contributed by atoms with Crippen LogP contribution < -0.4 is 5.32 Å². The predicted octanol–water partition coefficient (Wildman–Crippen LogP) is 6.71. The number of rotatable bonds is 13. The molecule has 3 heterocycles. The number of carbonyl (C=O) groups excluding carboxylic acids is 3. The van der Waals surface area contributed by atoms with Crippen molar-refractivity contribution in [2.75, 3.05) is 5.75 Å². The monoisotopic (exact) mass is 796 g/mol. The van der Waals surface area contributed by atoms with Gasteiger partial charge in [-0.15, -0.1) is 5.10 Å². The molecule has 1 aromatic heterocycles. The number of likely N-dealkylation sites (tertiary alicyclic amines) is 1. The summed E-state index contributed by atoms with van der Waals surface area (Å²) < 4.78 is 20.2. The van der Waals surface area contributed by atoms with E-state index < -0.39 is 24.3 Å². The molecule has 6 aromatic rings. The van der Waals surface area contributed by atoms with Crippen LogP contribution in [0.5, 0.6) is 0 Å². The second kappa shape index (κ2) is 17.9. The van der Waals surface area contributed by atoms with Gasteiger partial charge in [-0.1, -0.05) is 133 Å². The number of aliphatic hydroxyl groups excluding tert-OH is 1. The normalized spacial score (nSPS) is 19.3. The summed E-state index contributed by atoms with van der Waals surface area (Å²) in [7, 11) is 0. The molecule has 0 saturated carbocycles. The van der Waals surface area contributed by atoms with Gasteiger partial charge in [-0.2, -0.15) is 4.68 Å². The summed E-state index contributed by atoms with van der Waals surface area (Å²) >= 11 is 1.51. The first-order chi connectivity index (χ1) is 28.4. The lowest BCUT2D eigenvalue weighted by Crippen LogP contribution is -2.41. The first kappa shape index (κ1) is 38.7. The van der Waals surface area contributed by atoms with E-state index >= 15 is 0 Å². The Labute approximate surface area is 338 Å². The Balaban J connectivity index is 0.955. The molecule has 0 bridgehead atoms. The van der Waals surface area contributed by atoms with Crippen LogP contribution in [-0.2, 0) is 43.6 Å². The minimum atomic E-state index is -1.00. The molecule has 58 heavy (non-hydrogen) atoms. The van der Waals surface area contributed by atoms with Crippen molar-refractivity contribution in [2.24, 2.45) is 0 Å². The van der Waals surface area contributed by atoms with E-state index in [2.05, 4.69) is 20.8 Å². The molecule has 2 aliphatic rings. The Morgan fingerprint density at radius 3 is 2.29 bits per heavy atom. The van der Waals surface area contributed by atoms with Crippen LogP contribution in [0, 0.1) is 0 Å². The fourth-order valence-electron chi connectivity index (χ4n) is 6.99.